The Labute approximate surface area is 126 Å². The van der Waals surface area contributed by atoms with Crippen molar-refractivity contribution in [3.8, 4) is 0 Å². The van der Waals surface area contributed by atoms with Crippen LogP contribution >= 0.6 is 0 Å². The summed E-state index contributed by atoms with van der Waals surface area (Å²) in [6, 6.07) is 8.05. The first-order valence-electron chi connectivity index (χ1n) is 7.70. The molecule has 0 amide bonds. The van der Waals surface area contributed by atoms with Crippen molar-refractivity contribution >= 4 is 0 Å². The number of hydrogen-bond acceptors (Lipinski definition) is 4. The number of methoxy groups -OCH3 is 1. The zero-order valence-corrected chi connectivity index (χ0v) is 12.6. The molecule has 1 aromatic carbocycles. The molecule has 4 heteroatoms. The fraction of sp³-hybridized carbons (Fsp3) is 0.647. The van der Waals surface area contributed by atoms with Gasteiger partial charge in [-0.25, -0.2) is 0 Å². The minimum Gasteiger partial charge on any atom is -0.388 e. The van der Waals surface area contributed by atoms with Gasteiger partial charge < -0.3 is 19.3 Å². The molecule has 0 saturated carbocycles. The van der Waals surface area contributed by atoms with Gasteiger partial charge in [0.05, 0.1) is 24.9 Å². The Morgan fingerprint density at radius 1 is 1.43 bits per heavy atom. The van der Waals surface area contributed by atoms with Gasteiger partial charge in [-0.05, 0) is 29.9 Å². The number of hydrogen-bond donors (Lipinski definition) is 1. The van der Waals surface area contributed by atoms with Gasteiger partial charge >= 0.3 is 0 Å². The fourth-order valence-corrected chi connectivity index (χ4v) is 3.50. The first-order chi connectivity index (χ1) is 10.2. The van der Waals surface area contributed by atoms with Crippen LogP contribution in [0.1, 0.15) is 36.5 Å². The molecule has 2 heterocycles. The monoisotopic (exact) mass is 292 g/mol. The van der Waals surface area contributed by atoms with Crippen LogP contribution < -0.4 is 0 Å². The first kappa shape index (κ1) is 15.0. The number of aliphatic hydroxyl groups excluding tert-OH is 1. The Balaban J connectivity index is 1.72. The summed E-state index contributed by atoms with van der Waals surface area (Å²) in [5.74, 6) is 0.234. The lowest BCUT2D eigenvalue weighted by atomic mass is 9.80. The summed E-state index contributed by atoms with van der Waals surface area (Å²) in [5, 5.41) is 10.7. The Hall–Kier alpha value is -0.940. The van der Waals surface area contributed by atoms with Gasteiger partial charge in [-0.1, -0.05) is 24.3 Å². The minimum absolute atomic E-state index is 0.159. The van der Waals surface area contributed by atoms with Gasteiger partial charge in [-0.15, -0.1) is 0 Å². The van der Waals surface area contributed by atoms with E-state index in [1.807, 2.05) is 24.3 Å². The minimum atomic E-state index is -0.441. The molecule has 2 fully saturated rings. The fourth-order valence-electron chi connectivity index (χ4n) is 3.50. The van der Waals surface area contributed by atoms with Crippen molar-refractivity contribution in [1.29, 1.82) is 0 Å². The van der Waals surface area contributed by atoms with Gasteiger partial charge in [0.15, 0.2) is 0 Å². The summed E-state index contributed by atoms with van der Waals surface area (Å²) in [6.07, 6.45) is 2.28. The molecule has 1 N–H and O–H groups in total. The van der Waals surface area contributed by atoms with Crippen molar-refractivity contribution in [3.05, 3.63) is 35.4 Å². The quantitative estimate of drug-likeness (QED) is 0.926. The van der Waals surface area contributed by atoms with Gasteiger partial charge in [0, 0.05) is 26.7 Å². The SMILES string of the molecule is COCc1cccc(C(O)C2CCOC3(CCOC3)C2)c1. The highest BCUT2D eigenvalue weighted by Gasteiger charge is 2.42. The van der Waals surface area contributed by atoms with E-state index in [0.29, 0.717) is 19.8 Å². The molecular weight excluding hydrogens is 268 g/mol. The highest BCUT2D eigenvalue weighted by atomic mass is 16.6. The molecule has 21 heavy (non-hydrogen) atoms. The topological polar surface area (TPSA) is 47.9 Å². The molecular formula is C17H24O4. The molecule has 2 aliphatic rings. The summed E-state index contributed by atoms with van der Waals surface area (Å²) < 4.78 is 16.6. The zero-order valence-electron chi connectivity index (χ0n) is 12.6. The smallest absolute Gasteiger partial charge is 0.0940 e. The van der Waals surface area contributed by atoms with E-state index in [-0.39, 0.29) is 11.5 Å². The van der Waals surface area contributed by atoms with Crippen LogP contribution in [-0.2, 0) is 20.8 Å². The molecule has 3 rings (SSSR count). The second-order valence-corrected chi connectivity index (χ2v) is 6.21. The molecule has 116 valence electrons. The van der Waals surface area contributed by atoms with Crippen molar-refractivity contribution in [2.75, 3.05) is 26.9 Å². The van der Waals surface area contributed by atoms with E-state index < -0.39 is 6.10 Å². The molecule has 1 spiro atoms. The van der Waals surface area contributed by atoms with E-state index in [9.17, 15) is 5.11 Å². The summed E-state index contributed by atoms with van der Waals surface area (Å²) >= 11 is 0. The molecule has 0 aliphatic carbocycles. The molecule has 0 bridgehead atoms. The van der Waals surface area contributed by atoms with Crippen molar-refractivity contribution in [3.63, 3.8) is 0 Å². The number of benzene rings is 1. The molecule has 1 aromatic rings. The molecule has 0 radical (unpaired) electrons. The van der Waals surface area contributed by atoms with Crippen molar-refractivity contribution in [1.82, 2.24) is 0 Å². The average molecular weight is 292 g/mol. The van der Waals surface area contributed by atoms with Crippen molar-refractivity contribution in [2.24, 2.45) is 5.92 Å². The summed E-state index contributed by atoms with van der Waals surface area (Å²) in [5.41, 5.74) is 1.92. The maximum atomic E-state index is 10.7. The van der Waals surface area contributed by atoms with Crippen LogP contribution in [0.3, 0.4) is 0 Å². The normalized spacial score (nSPS) is 30.7. The van der Waals surface area contributed by atoms with Crippen molar-refractivity contribution in [2.45, 2.75) is 37.6 Å². The number of aliphatic hydroxyl groups is 1. The van der Waals surface area contributed by atoms with Gasteiger partial charge in [0.25, 0.3) is 0 Å². The zero-order chi connectivity index (χ0) is 14.7. The van der Waals surface area contributed by atoms with Crippen molar-refractivity contribution < 1.29 is 19.3 Å². The highest BCUT2D eigenvalue weighted by molar-refractivity contribution is 5.25. The molecule has 4 nitrogen and oxygen atoms in total. The lowest BCUT2D eigenvalue weighted by molar-refractivity contribution is -0.117. The van der Waals surface area contributed by atoms with Crippen LogP contribution in [0.4, 0.5) is 0 Å². The highest BCUT2D eigenvalue weighted by Crippen LogP contribution is 2.41. The average Bonchev–Trinajstić information content (AvgIpc) is 2.95. The van der Waals surface area contributed by atoms with Crippen LogP contribution in [0.15, 0.2) is 24.3 Å². The molecule has 2 saturated heterocycles. The standard InChI is InChI=1S/C17H24O4/c1-19-11-13-3-2-4-14(9-13)16(18)15-5-7-21-17(10-15)6-8-20-12-17/h2-4,9,15-16,18H,5-8,10-12H2,1H3. The second kappa shape index (κ2) is 6.44. The molecule has 2 aliphatic heterocycles. The van der Waals surface area contributed by atoms with Crippen LogP contribution in [-0.4, -0.2) is 37.6 Å². The third kappa shape index (κ3) is 3.29. The van der Waals surface area contributed by atoms with Crippen LogP contribution in [0.2, 0.25) is 0 Å². The number of ether oxygens (including phenoxy) is 3. The second-order valence-electron chi connectivity index (χ2n) is 6.21. The van der Waals surface area contributed by atoms with E-state index in [1.54, 1.807) is 7.11 Å². The summed E-state index contributed by atoms with van der Waals surface area (Å²) in [7, 11) is 1.69. The lowest BCUT2D eigenvalue weighted by Crippen LogP contribution is -2.41. The van der Waals surface area contributed by atoms with E-state index >= 15 is 0 Å². The third-order valence-corrected chi connectivity index (χ3v) is 4.65. The predicted molar refractivity (Wildman–Crippen MR) is 79.0 cm³/mol. The molecule has 0 aromatic heterocycles. The largest absolute Gasteiger partial charge is 0.388 e. The third-order valence-electron chi connectivity index (χ3n) is 4.65. The van der Waals surface area contributed by atoms with Crippen LogP contribution in [0, 0.1) is 5.92 Å². The van der Waals surface area contributed by atoms with Gasteiger partial charge in [0.1, 0.15) is 0 Å². The molecule has 3 atom stereocenters. The van der Waals surface area contributed by atoms with E-state index in [0.717, 1.165) is 37.0 Å². The van der Waals surface area contributed by atoms with E-state index in [4.69, 9.17) is 14.2 Å². The Kier molecular flexibility index (Phi) is 4.60. The first-order valence-corrected chi connectivity index (χ1v) is 7.70. The van der Waals surface area contributed by atoms with Gasteiger partial charge in [-0.2, -0.15) is 0 Å². The Morgan fingerprint density at radius 2 is 2.33 bits per heavy atom. The maximum absolute atomic E-state index is 10.7. The maximum Gasteiger partial charge on any atom is 0.0940 e. The van der Waals surface area contributed by atoms with E-state index in [1.165, 1.54) is 0 Å². The summed E-state index contributed by atoms with van der Waals surface area (Å²) in [4.78, 5) is 0. The van der Waals surface area contributed by atoms with Crippen LogP contribution in [0.5, 0.6) is 0 Å². The summed E-state index contributed by atoms with van der Waals surface area (Å²) in [6.45, 7) is 2.72. The lowest BCUT2D eigenvalue weighted by Gasteiger charge is -2.39. The van der Waals surface area contributed by atoms with Gasteiger partial charge in [0.2, 0.25) is 0 Å². The van der Waals surface area contributed by atoms with E-state index in [2.05, 4.69) is 0 Å². The van der Waals surface area contributed by atoms with Gasteiger partial charge in [-0.3, -0.25) is 0 Å². The number of rotatable bonds is 4. The van der Waals surface area contributed by atoms with Crippen LogP contribution in [0.25, 0.3) is 0 Å². The Morgan fingerprint density at radius 3 is 3.10 bits per heavy atom. The Bertz CT molecular complexity index is 468. The molecule has 3 unspecified atom stereocenters. The predicted octanol–water partition coefficient (Wildman–Crippen LogP) is 2.45.